The van der Waals surface area contributed by atoms with Crippen molar-refractivity contribution >= 4 is 33.8 Å². The Bertz CT molecular complexity index is 863. The van der Waals surface area contributed by atoms with Gasteiger partial charge in [-0.2, -0.15) is 0 Å². The summed E-state index contributed by atoms with van der Waals surface area (Å²) in [5, 5.41) is 0. The van der Waals surface area contributed by atoms with Crippen molar-refractivity contribution in [3.8, 4) is 11.5 Å². The molecule has 1 aliphatic carbocycles. The molecule has 5 heteroatoms. The highest BCUT2D eigenvalue weighted by atomic mass is 79.9. The van der Waals surface area contributed by atoms with Crippen LogP contribution in [-0.4, -0.2) is 11.8 Å². The Morgan fingerprint density at radius 3 is 2.62 bits per heavy atom. The molecule has 1 saturated carbocycles. The molecule has 0 unspecified atom stereocenters. The molecule has 2 aliphatic rings. The van der Waals surface area contributed by atoms with E-state index in [4.69, 9.17) is 9.47 Å². The summed E-state index contributed by atoms with van der Waals surface area (Å²) in [7, 11) is 0. The van der Waals surface area contributed by atoms with Gasteiger partial charge in [-0.1, -0.05) is 28.1 Å². The highest BCUT2D eigenvalue weighted by molar-refractivity contribution is 9.10. The summed E-state index contributed by atoms with van der Waals surface area (Å²) < 4.78 is 11.9. The number of halogens is 1. The number of Topliss-reactive ketones (excluding diaryl/α,β-unsaturated/α-hetero) is 1. The number of ether oxygens (including phenoxy) is 2. The number of benzene rings is 2. The zero-order valence-electron chi connectivity index (χ0n) is 12.6. The predicted octanol–water partition coefficient (Wildman–Crippen LogP) is 4.38. The summed E-state index contributed by atoms with van der Waals surface area (Å²) in [4.78, 5) is 24.1. The Labute approximate surface area is 147 Å². The Kier molecular flexibility index (Phi) is 3.73. The Morgan fingerprint density at radius 1 is 1.17 bits per heavy atom. The largest absolute Gasteiger partial charge is 0.452 e. The van der Waals surface area contributed by atoms with Crippen LogP contribution in [0, 0.1) is 5.92 Å². The number of rotatable bonds is 3. The molecule has 2 aromatic rings. The molecular formula is C19H13BrO4. The van der Waals surface area contributed by atoms with E-state index in [9.17, 15) is 9.59 Å². The van der Waals surface area contributed by atoms with Crippen LogP contribution in [0.3, 0.4) is 0 Å². The monoisotopic (exact) mass is 384 g/mol. The quantitative estimate of drug-likeness (QED) is 0.447. The van der Waals surface area contributed by atoms with Gasteiger partial charge in [0.1, 0.15) is 11.5 Å². The van der Waals surface area contributed by atoms with Gasteiger partial charge in [0, 0.05) is 10.5 Å². The van der Waals surface area contributed by atoms with Gasteiger partial charge >= 0.3 is 5.97 Å². The SMILES string of the molecule is O=C1/C(=C/c2ccc(Br)cc2)Oc2cc(OC(=O)C3CC3)ccc21. The van der Waals surface area contributed by atoms with Crippen LogP contribution in [0.1, 0.15) is 28.8 Å². The highest BCUT2D eigenvalue weighted by Crippen LogP contribution is 2.36. The molecule has 4 rings (SSSR count). The fourth-order valence-corrected chi connectivity index (χ4v) is 2.72. The normalized spacial score (nSPS) is 17.5. The average molecular weight is 385 g/mol. The van der Waals surface area contributed by atoms with Crippen LogP contribution in [0.25, 0.3) is 6.08 Å². The van der Waals surface area contributed by atoms with Crippen LogP contribution in [-0.2, 0) is 4.79 Å². The van der Waals surface area contributed by atoms with Gasteiger partial charge in [0.05, 0.1) is 11.5 Å². The second-order valence-electron chi connectivity index (χ2n) is 5.84. The van der Waals surface area contributed by atoms with Gasteiger partial charge in [-0.25, -0.2) is 0 Å². The van der Waals surface area contributed by atoms with E-state index >= 15 is 0 Å². The van der Waals surface area contributed by atoms with Gasteiger partial charge in [-0.3, -0.25) is 9.59 Å². The van der Waals surface area contributed by atoms with E-state index in [-0.39, 0.29) is 23.4 Å². The van der Waals surface area contributed by atoms with Crippen molar-refractivity contribution in [3.63, 3.8) is 0 Å². The number of hydrogen-bond donors (Lipinski definition) is 0. The zero-order chi connectivity index (χ0) is 16.7. The Balaban J connectivity index is 1.57. The van der Waals surface area contributed by atoms with Crippen LogP contribution >= 0.6 is 15.9 Å². The molecule has 2 aromatic carbocycles. The molecular weight excluding hydrogens is 372 g/mol. The van der Waals surface area contributed by atoms with E-state index < -0.39 is 0 Å². The molecule has 1 heterocycles. The third-order valence-corrected chi connectivity index (χ3v) is 4.47. The summed E-state index contributed by atoms with van der Waals surface area (Å²) in [6, 6.07) is 12.4. The molecule has 4 nitrogen and oxygen atoms in total. The smallest absolute Gasteiger partial charge is 0.314 e. The second-order valence-corrected chi connectivity index (χ2v) is 6.76. The lowest BCUT2D eigenvalue weighted by Crippen LogP contribution is -2.09. The van der Waals surface area contributed by atoms with E-state index in [0.717, 1.165) is 22.9 Å². The number of carbonyl (C=O) groups excluding carboxylic acids is 2. The van der Waals surface area contributed by atoms with Crippen LogP contribution in [0.2, 0.25) is 0 Å². The first-order chi connectivity index (χ1) is 11.6. The van der Waals surface area contributed by atoms with Crippen molar-refractivity contribution in [3.05, 3.63) is 63.8 Å². The van der Waals surface area contributed by atoms with E-state index in [0.29, 0.717) is 17.1 Å². The first kappa shape index (κ1) is 15.1. The molecule has 1 aliphatic heterocycles. The number of esters is 1. The zero-order valence-corrected chi connectivity index (χ0v) is 14.2. The molecule has 0 bridgehead atoms. The first-order valence-corrected chi connectivity index (χ1v) is 8.45. The number of fused-ring (bicyclic) bond motifs is 1. The minimum Gasteiger partial charge on any atom is -0.452 e. The lowest BCUT2D eigenvalue weighted by Gasteiger charge is -2.04. The van der Waals surface area contributed by atoms with Crippen LogP contribution in [0.5, 0.6) is 11.5 Å². The molecule has 0 amide bonds. The van der Waals surface area contributed by atoms with Crippen molar-refractivity contribution in [2.24, 2.45) is 5.92 Å². The van der Waals surface area contributed by atoms with E-state index in [1.54, 1.807) is 24.3 Å². The van der Waals surface area contributed by atoms with Crippen molar-refractivity contribution in [1.29, 1.82) is 0 Å². The summed E-state index contributed by atoms with van der Waals surface area (Å²) in [6.07, 6.45) is 3.47. The molecule has 0 spiro atoms. The summed E-state index contributed by atoms with van der Waals surface area (Å²) in [5.41, 5.74) is 1.35. The number of carbonyl (C=O) groups is 2. The van der Waals surface area contributed by atoms with Gasteiger partial charge in [0.25, 0.3) is 0 Å². The van der Waals surface area contributed by atoms with Gasteiger partial charge in [0.2, 0.25) is 5.78 Å². The standard InChI is InChI=1S/C19H13BrO4/c20-13-5-1-11(2-6-13)9-17-18(21)15-8-7-14(10-16(15)24-17)23-19(22)12-3-4-12/h1-2,5-10,12H,3-4H2/b17-9-. The van der Waals surface area contributed by atoms with Crippen LogP contribution < -0.4 is 9.47 Å². The van der Waals surface area contributed by atoms with Gasteiger partial charge in [-0.15, -0.1) is 0 Å². The number of ketones is 1. The van der Waals surface area contributed by atoms with Gasteiger partial charge in [0.15, 0.2) is 5.76 Å². The predicted molar refractivity (Wildman–Crippen MR) is 91.9 cm³/mol. The van der Waals surface area contributed by atoms with Gasteiger partial charge < -0.3 is 9.47 Å². The van der Waals surface area contributed by atoms with Gasteiger partial charge in [-0.05, 0) is 48.7 Å². The topological polar surface area (TPSA) is 52.6 Å². The molecule has 120 valence electrons. The third kappa shape index (κ3) is 2.99. The minimum atomic E-state index is -0.218. The molecule has 1 fully saturated rings. The summed E-state index contributed by atoms with van der Waals surface area (Å²) in [5.74, 6) is 0.720. The molecule has 0 saturated heterocycles. The van der Waals surface area contributed by atoms with Crippen LogP contribution in [0.4, 0.5) is 0 Å². The molecule has 0 atom stereocenters. The van der Waals surface area contributed by atoms with E-state index in [2.05, 4.69) is 15.9 Å². The van der Waals surface area contributed by atoms with Crippen molar-refractivity contribution in [2.75, 3.05) is 0 Å². The summed E-state index contributed by atoms with van der Waals surface area (Å²) >= 11 is 3.38. The molecule has 0 radical (unpaired) electrons. The second kappa shape index (κ2) is 5.91. The molecule has 0 N–H and O–H groups in total. The maximum Gasteiger partial charge on any atom is 0.314 e. The van der Waals surface area contributed by atoms with Crippen LogP contribution in [0.15, 0.2) is 52.7 Å². The van der Waals surface area contributed by atoms with Crippen molar-refractivity contribution in [2.45, 2.75) is 12.8 Å². The maximum absolute atomic E-state index is 12.4. The lowest BCUT2D eigenvalue weighted by atomic mass is 10.1. The third-order valence-electron chi connectivity index (χ3n) is 3.94. The lowest BCUT2D eigenvalue weighted by molar-refractivity contribution is -0.135. The minimum absolute atomic E-state index is 0.0219. The first-order valence-electron chi connectivity index (χ1n) is 7.66. The fraction of sp³-hybridized carbons (Fsp3) is 0.158. The Morgan fingerprint density at radius 2 is 1.92 bits per heavy atom. The highest BCUT2D eigenvalue weighted by Gasteiger charge is 2.32. The number of allylic oxidation sites excluding steroid dienone is 1. The summed E-state index contributed by atoms with van der Waals surface area (Å²) in [6.45, 7) is 0. The van der Waals surface area contributed by atoms with E-state index in [1.165, 1.54) is 0 Å². The average Bonchev–Trinajstić information content (AvgIpc) is 3.37. The number of hydrogen-bond acceptors (Lipinski definition) is 4. The van der Waals surface area contributed by atoms with Crippen molar-refractivity contribution in [1.82, 2.24) is 0 Å². The fourth-order valence-electron chi connectivity index (χ4n) is 2.46. The van der Waals surface area contributed by atoms with Crippen molar-refractivity contribution < 1.29 is 19.1 Å². The van der Waals surface area contributed by atoms with E-state index in [1.807, 2.05) is 24.3 Å². The maximum atomic E-state index is 12.4. The Hall–Kier alpha value is -2.40. The molecule has 0 aromatic heterocycles. The molecule has 24 heavy (non-hydrogen) atoms.